The van der Waals surface area contributed by atoms with Crippen molar-refractivity contribution in [2.24, 2.45) is 0 Å². The molecule has 8 heteroatoms. The standard InChI is InChI=1S/C12H11BrF3N3O/c13-8-5-9-11(18-6-8)10(1-2-17-9)19(3-4-20)7-12(14,15)16/h1-2,5-6,20H,3-4,7H2. The van der Waals surface area contributed by atoms with Crippen LogP contribution < -0.4 is 4.90 Å². The van der Waals surface area contributed by atoms with Crippen LogP contribution in [0.5, 0.6) is 0 Å². The summed E-state index contributed by atoms with van der Waals surface area (Å²) in [6, 6.07) is 3.14. The molecule has 0 saturated carbocycles. The van der Waals surface area contributed by atoms with Crippen molar-refractivity contribution in [1.82, 2.24) is 9.97 Å². The van der Waals surface area contributed by atoms with Crippen molar-refractivity contribution in [2.45, 2.75) is 6.18 Å². The molecule has 20 heavy (non-hydrogen) atoms. The quantitative estimate of drug-likeness (QED) is 0.921. The van der Waals surface area contributed by atoms with Gasteiger partial charge in [-0.2, -0.15) is 13.2 Å². The first-order chi connectivity index (χ1) is 9.40. The van der Waals surface area contributed by atoms with Gasteiger partial charge in [0.15, 0.2) is 0 Å². The third-order valence-electron chi connectivity index (χ3n) is 2.60. The Hall–Kier alpha value is -1.41. The molecule has 108 valence electrons. The summed E-state index contributed by atoms with van der Waals surface area (Å²) in [6.45, 7) is -1.66. The van der Waals surface area contributed by atoms with Crippen LogP contribution in [0.25, 0.3) is 11.0 Å². The van der Waals surface area contributed by atoms with Crippen LogP contribution >= 0.6 is 15.9 Å². The number of aliphatic hydroxyl groups is 1. The lowest BCUT2D eigenvalue weighted by atomic mass is 10.2. The summed E-state index contributed by atoms with van der Waals surface area (Å²) in [5, 5.41) is 8.96. The van der Waals surface area contributed by atoms with Crippen LogP contribution in [0, 0.1) is 0 Å². The first kappa shape index (κ1) is 15.0. The van der Waals surface area contributed by atoms with Crippen LogP contribution in [0.3, 0.4) is 0 Å². The van der Waals surface area contributed by atoms with E-state index in [9.17, 15) is 13.2 Å². The van der Waals surface area contributed by atoms with Gasteiger partial charge in [-0.3, -0.25) is 9.97 Å². The molecule has 2 heterocycles. The zero-order valence-electron chi connectivity index (χ0n) is 10.2. The minimum absolute atomic E-state index is 0.129. The second-order valence-electron chi connectivity index (χ2n) is 4.11. The second kappa shape index (κ2) is 5.92. The molecule has 0 unspecified atom stereocenters. The van der Waals surface area contributed by atoms with Gasteiger partial charge in [0.05, 0.1) is 17.8 Å². The number of aromatic nitrogens is 2. The predicted octanol–water partition coefficient (Wildman–Crippen LogP) is 2.75. The molecule has 0 bridgehead atoms. The number of fused-ring (bicyclic) bond motifs is 1. The van der Waals surface area contributed by atoms with E-state index in [0.717, 1.165) is 4.90 Å². The van der Waals surface area contributed by atoms with Crippen molar-refractivity contribution in [1.29, 1.82) is 0 Å². The van der Waals surface area contributed by atoms with E-state index in [2.05, 4.69) is 25.9 Å². The molecule has 0 fully saturated rings. The maximum Gasteiger partial charge on any atom is 0.405 e. The van der Waals surface area contributed by atoms with E-state index in [1.54, 1.807) is 6.07 Å². The summed E-state index contributed by atoms with van der Waals surface area (Å²) in [5.41, 5.74) is 1.16. The average molecular weight is 350 g/mol. The molecule has 0 aromatic carbocycles. The number of halogens is 4. The fraction of sp³-hybridized carbons (Fsp3) is 0.333. The molecule has 0 aliphatic heterocycles. The number of hydrogen-bond donors (Lipinski definition) is 1. The monoisotopic (exact) mass is 349 g/mol. The normalized spacial score (nSPS) is 11.8. The molecule has 4 nitrogen and oxygen atoms in total. The molecular formula is C12H11BrF3N3O. The molecule has 2 rings (SSSR count). The lowest BCUT2D eigenvalue weighted by Gasteiger charge is -2.25. The van der Waals surface area contributed by atoms with Crippen molar-refractivity contribution in [3.05, 3.63) is 29.0 Å². The number of nitrogens with zero attached hydrogens (tertiary/aromatic N) is 3. The summed E-state index contributed by atoms with van der Waals surface area (Å²) in [4.78, 5) is 9.24. The van der Waals surface area contributed by atoms with Gasteiger partial charge in [0.25, 0.3) is 0 Å². The van der Waals surface area contributed by atoms with Gasteiger partial charge >= 0.3 is 6.18 Å². The largest absolute Gasteiger partial charge is 0.405 e. The van der Waals surface area contributed by atoms with Gasteiger partial charge in [0.1, 0.15) is 12.1 Å². The molecule has 2 aromatic rings. The Bertz CT molecular complexity index is 606. The van der Waals surface area contributed by atoms with E-state index in [1.807, 2.05) is 0 Å². The molecule has 2 aromatic heterocycles. The first-order valence-corrected chi connectivity index (χ1v) is 6.53. The minimum atomic E-state index is -4.36. The van der Waals surface area contributed by atoms with E-state index >= 15 is 0 Å². The van der Waals surface area contributed by atoms with E-state index in [1.165, 1.54) is 18.5 Å². The molecule has 0 aliphatic rings. The van der Waals surface area contributed by atoms with Crippen LogP contribution in [-0.2, 0) is 0 Å². The molecule has 0 atom stereocenters. The second-order valence-corrected chi connectivity index (χ2v) is 5.03. The van der Waals surface area contributed by atoms with Crippen LogP contribution in [-0.4, -0.2) is 40.9 Å². The molecule has 0 aliphatic carbocycles. The van der Waals surface area contributed by atoms with E-state index < -0.39 is 12.7 Å². The number of pyridine rings is 2. The molecule has 1 N–H and O–H groups in total. The van der Waals surface area contributed by atoms with E-state index in [0.29, 0.717) is 21.2 Å². The Morgan fingerprint density at radius 1 is 1.30 bits per heavy atom. The zero-order valence-corrected chi connectivity index (χ0v) is 11.8. The third kappa shape index (κ3) is 3.57. The molecule has 0 spiro atoms. The van der Waals surface area contributed by atoms with Crippen LogP contribution in [0.2, 0.25) is 0 Å². The Morgan fingerprint density at radius 2 is 2.05 bits per heavy atom. The highest BCUT2D eigenvalue weighted by Crippen LogP contribution is 2.28. The minimum Gasteiger partial charge on any atom is -0.395 e. The van der Waals surface area contributed by atoms with Crippen molar-refractivity contribution < 1.29 is 18.3 Å². The maximum absolute atomic E-state index is 12.6. The molecule has 0 saturated heterocycles. The Kier molecular flexibility index (Phi) is 4.44. The summed E-state index contributed by atoms with van der Waals surface area (Å²) < 4.78 is 38.5. The Balaban J connectivity index is 2.47. The van der Waals surface area contributed by atoms with Gasteiger partial charge in [-0.25, -0.2) is 0 Å². The summed E-state index contributed by atoms with van der Waals surface area (Å²) in [7, 11) is 0. The summed E-state index contributed by atoms with van der Waals surface area (Å²) in [5.74, 6) is 0. The predicted molar refractivity (Wildman–Crippen MR) is 72.6 cm³/mol. The van der Waals surface area contributed by atoms with Gasteiger partial charge in [-0.05, 0) is 28.1 Å². The van der Waals surface area contributed by atoms with E-state index in [4.69, 9.17) is 5.11 Å². The smallest absolute Gasteiger partial charge is 0.395 e. The highest BCUT2D eigenvalue weighted by atomic mass is 79.9. The lowest BCUT2D eigenvalue weighted by molar-refractivity contribution is -0.119. The number of aliphatic hydroxyl groups excluding tert-OH is 1. The van der Waals surface area contributed by atoms with Crippen molar-refractivity contribution >= 4 is 32.7 Å². The van der Waals surface area contributed by atoms with Crippen molar-refractivity contribution in [2.75, 3.05) is 24.6 Å². The van der Waals surface area contributed by atoms with Crippen LogP contribution in [0.1, 0.15) is 0 Å². The van der Waals surface area contributed by atoms with Crippen LogP contribution in [0.15, 0.2) is 29.0 Å². The summed E-state index contributed by atoms with van der Waals surface area (Å²) >= 11 is 3.24. The number of alkyl halides is 3. The maximum atomic E-state index is 12.6. The van der Waals surface area contributed by atoms with Gasteiger partial charge in [0, 0.05) is 23.4 Å². The molecular weight excluding hydrogens is 339 g/mol. The number of rotatable bonds is 4. The van der Waals surface area contributed by atoms with E-state index in [-0.39, 0.29) is 13.2 Å². The topological polar surface area (TPSA) is 49.2 Å². The highest BCUT2D eigenvalue weighted by Gasteiger charge is 2.31. The fourth-order valence-corrected chi connectivity index (χ4v) is 2.19. The van der Waals surface area contributed by atoms with Gasteiger partial charge in [-0.15, -0.1) is 0 Å². The average Bonchev–Trinajstić information content (AvgIpc) is 2.35. The Morgan fingerprint density at radius 3 is 2.70 bits per heavy atom. The zero-order chi connectivity index (χ0) is 14.8. The molecule has 0 radical (unpaired) electrons. The third-order valence-corrected chi connectivity index (χ3v) is 3.04. The fourth-order valence-electron chi connectivity index (χ4n) is 1.87. The first-order valence-electron chi connectivity index (χ1n) is 5.73. The molecule has 0 amide bonds. The van der Waals surface area contributed by atoms with Gasteiger partial charge in [0.2, 0.25) is 0 Å². The van der Waals surface area contributed by atoms with Crippen molar-refractivity contribution in [3.8, 4) is 0 Å². The SMILES string of the molecule is OCCN(CC(F)(F)F)c1ccnc2cc(Br)cnc12. The van der Waals surface area contributed by atoms with Gasteiger partial charge in [-0.1, -0.05) is 0 Å². The highest BCUT2D eigenvalue weighted by molar-refractivity contribution is 9.10. The number of hydrogen-bond acceptors (Lipinski definition) is 4. The van der Waals surface area contributed by atoms with Crippen molar-refractivity contribution in [3.63, 3.8) is 0 Å². The van der Waals surface area contributed by atoms with Crippen LogP contribution in [0.4, 0.5) is 18.9 Å². The Labute approximate surface area is 121 Å². The number of anilines is 1. The van der Waals surface area contributed by atoms with Gasteiger partial charge < -0.3 is 10.0 Å². The summed E-state index contributed by atoms with van der Waals surface area (Å²) in [6.07, 6.45) is -1.44. The lowest BCUT2D eigenvalue weighted by Crippen LogP contribution is -2.36.